The number of aryl methyl sites for hydroxylation is 1. The van der Waals surface area contributed by atoms with Crippen LogP contribution in [0, 0.1) is 17.0 Å². The molecular formula is C11H12N2O4. The van der Waals surface area contributed by atoms with E-state index in [1.54, 1.807) is 19.1 Å². The van der Waals surface area contributed by atoms with Crippen LogP contribution in [0.25, 0.3) is 0 Å². The first-order valence-corrected chi connectivity index (χ1v) is 4.94. The van der Waals surface area contributed by atoms with Gasteiger partial charge >= 0.3 is 0 Å². The van der Waals surface area contributed by atoms with Crippen LogP contribution in [0.3, 0.4) is 0 Å². The van der Waals surface area contributed by atoms with E-state index in [1.807, 2.05) is 0 Å². The fraction of sp³-hybridized carbons (Fsp3) is 0.273. The Labute approximate surface area is 97.8 Å². The first-order chi connectivity index (χ1) is 7.90. The number of Topliss-reactive ketones (excluding diaryl/α,β-unsaturated/α-hetero) is 1. The normalized spacial score (nSPS) is 9.76. The molecule has 1 aromatic rings. The van der Waals surface area contributed by atoms with Crippen molar-refractivity contribution in [3.05, 3.63) is 33.9 Å². The standard InChI is InChI=1S/C11H12N2O4/c1-7-3-4-9(6-10(7)13(16)17)12-11(15)5-8(2)14/h3-4,6H,5H2,1-2H3,(H,12,15). The first kappa shape index (κ1) is 12.8. The van der Waals surface area contributed by atoms with Crippen LogP contribution in [0.15, 0.2) is 18.2 Å². The predicted molar refractivity (Wildman–Crippen MR) is 61.8 cm³/mol. The van der Waals surface area contributed by atoms with E-state index < -0.39 is 10.8 Å². The number of hydrogen-bond donors (Lipinski definition) is 1. The summed E-state index contributed by atoms with van der Waals surface area (Å²) in [5, 5.41) is 13.1. The zero-order valence-electron chi connectivity index (χ0n) is 9.52. The zero-order chi connectivity index (χ0) is 13.0. The van der Waals surface area contributed by atoms with Crippen LogP contribution in [-0.2, 0) is 9.59 Å². The second-order valence-corrected chi connectivity index (χ2v) is 3.69. The van der Waals surface area contributed by atoms with Crippen molar-refractivity contribution in [2.24, 2.45) is 0 Å². The maximum atomic E-state index is 11.3. The van der Waals surface area contributed by atoms with Gasteiger partial charge in [0, 0.05) is 17.3 Å². The van der Waals surface area contributed by atoms with Gasteiger partial charge < -0.3 is 5.32 Å². The van der Waals surface area contributed by atoms with Gasteiger partial charge in [0.1, 0.15) is 5.78 Å². The third-order valence-electron chi connectivity index (χ3n) is 2.10. The van der Waals surface area contributed by atoms with Crippen molar-refractivity contribution >= 4 is 23.1 Å². The quantitative estimate of drug-likeness (QED) is 0.490. The molecule has 0 atom stereocenters. The third-order valence-corrected chi connectivity index (χ3v) is 2.10. The molecule has 0 aromatic heterocycles. The van der Waals surface area contributed by atoms with Crippen LogP contribution in [0.4, 0.5) is 11.4 Å². The molecule has 1 rings (SSSR count). The van der Waals surface area contributed by atoms with Gasteiger partial charge in [-0.05, 0) is 19.9 Å². The molecular weight excluding hydrogens is 224 g/mol. The molecule has 0 spiro atoms. The van der Waals surface area contributed by atoms with Crippen LogP contribution < -0.4 is 5.32 Å². The number of amides is 1. The Morgan fingerprint density at radius 2 is 2.06 bits per heavy atom. The smallest absolute Gasteiger partial charge is 0.274 e. The minimum absolute atomic E-state index is 0.0642. The molecule has 90 valence electrons. The number of nitro groups is 1. The predicted octanol–water partition coefficient (Wildman–Crippen LogP) is 1.82. The van der Waals surface area contributed by atoms with Gasteiger partial charge in [-0.25, -0.2) is 0 Å². The molecule has 0 aliphatic carbocycles. The summed E-state index contributed by atoms with van der Waals surface area (Å²) >= 11 is 0. The topological polar surface area (TPSA) is 89.3 Å². The fourth-order valence-electron chi connectivity index (χ4n) is 1.32. The zero-order valence-corrected chi connectivity index (χ0v) is 9.52. The molecule has 0 radical (unpaired) electrons. The SMILES string of the molecule is CC(=O)CC(=O)Nc1ccc(C)c([N+](=O)[O-])c1. The molecule has 0 saturated carbocycles. The van der Waals surface area contributed by atoms with Gasteiger partial charge in [0.2, 0.25) is 5.91 Å². The van der Waals surface area contributed by atoms with Gasteiger partial charge in [-0.1, -0.05) is 6.07 Å². The highest BCUT2D eigenvalue weighted by Crippen LogP contribution is 2.22. The summed E-state index contributed by atoms with van der Waals surface area (Å²) in [6, 6.07) is 4.37. The van der Waals surface area contributed by atoms with Crippen molar-refractivity contribution < 1.29 is 14.5 Å². The van der Waals surface area contributed by atoms with Crippen molar-refractivity contribution in [3.63, 3.8) is 0 Å². The molecule has 0 heterocycles. The van der Waals surface area contributed by atoms with Gasteiger partial charge in [-0.15, -0.1) is 0 Å². The Bertz CT molecular complexity index is 482. The van der Waals surface area contributed by atoms with Crippen LogP contribution in [0.2, 0.25) is 0 Å². The maximum Gasteiger partial charge on any atom is 0.274 e. The lowest BCUT2D eigenvalue weighted by Gasteiger charge is -2.04. The van der Waals surface area contributed by atoms with E-state index in [1.165, 1.54) is 13.0 Å². The number of carbonyl (C=O) groups excluding carboxylic acids is 2. The van der Waals surface area contributed by atoms with E-state index >= 15 is 0 Å². The summed E-state index contributed by atoms with van der Waals surface area (Å²) in [5.74, 6) is -0.736. The Hall–Kier alpha value is -2.24. The third kappa shape index (κ3) is 3.67. The fourth-order valence-corrected chi connectivity index (χ4v) is 1.32. The number of nitrogens with one attached hydrogen (secondary N) is 1. The number of carbonyl (C=O) groups is 2. The number of nitrogens with zero attached hydrogens (tertiary/aromatic N) is 1. The monoisotopic (exact) mass is 236 g/mol. The molecule has 0 unspecified atom stereocenters. The van der Waals surface area contributed by atoms with Crippen LogP contribution in [0.1, 0.15) is 18.9 Å². The average molecular weight is 236 g/mol. The second-order valence-electron chi connectivity index (χ2n) is 3.69. The molecule has 0 bridgehead atoms. The van der Waals surface area contributed by atoms with Crippen LogP contribution in [0.5, 0.6) is 0 Å². The highest BCUT2D eigenvalue weighted by molar-refractivity contribution is 6.03. The van der Waals surface area contributed by atoms with Crippen LogP contribution in [-0.4, -0.2) is 16.6 Å². The Balaban J connectivity index is 2.86. The number of benzene rings is 1. The average Bonchev–Trinajstić information content (AvgIpc) is 2.19. The lowest BCUT2D eigenvalue weighted by atomic mass is 10.2. The molecule has 0 fully saturated rings. The highest BCUT2D eigenvalue weighted by Gasteiger charge is 2.12. The molecule has 1 N–H and O–H groups in total. The van der Waals surface area contributed by atoms with Crippen molar-refractivity contribution in [3.8, 4) is 0 Å². The van der Waals surface area contributed by atoms with E-state index in [2.05, 4.69) is 5.32 Å². The maximum absolute atomic E-state index is 11.3. The number of anilines is 1. The molecule has 1 aromatic carbocycles. The summed E-state index contributed by atoms with van der Waals surface area (Å²) in [7, 11) is 0. The Morgan fingerprint density at radius 1 is 1.41 bits per heavy atom. The van der Waals surface area contributed by atoms with Gasteiger partial charge in [-0.3, -0.25) is 19.7 Å². The number of rotatable bonds is 4. The summed E-state index contributed by atoms with van der Waals surface area (Å²) in [4.78, 5) is 32.2. The Kier molecular flexibility index (Phi) is 3.92. The molecule has 17 heavy (non-hydrogen) atoms. The lowest BCUT2D eigenvalue weighted by molar-refractivity contribution is -0.385. The van der Waals surface area contributed by atoms with E-state index in [4.69, 9.17) is 0 Å². The number of nitro benzene ring substituents is 1. The minimum atomic E-state index is -0.518. The van der Waals surface area contributed by atoms with Crippen molar-refractivity contribution in [1.82, 2.24) is 0 Å². The summed E-state index contributed by atoms with van der Waals surface area (Å²) in [5.41, 5.74) is 0.763. The highest BCUT2D eigenvalue weighted by atomic mass is 16.6. The van der Waals surface area contributed by atoms with Gasteiger partial charge in [0.15, 0.2) is 0 Å². The molecule has 6 heteroatoms. The van der Waals surface area contributed by atoms with Gasteiger partial charge in [-0.2, -0.15) is 0 Å². The molecule has 0 aliphatic heterocycles. The van der Waals surface area contributed by atoms with Gasteiger partial charge in [0.05, 0.1) is 11.3 Å². The minimum Gasteiger partial charge on any atom is -0.325 e. The largest absolute Gasteiger partial charge is 0.325 e. The van der Waals surface area contributed by atoms with Crippen LogP contribution >= 0.6 is 0 Å². The molecule has 0 saturated heterocycles. The number of hydrogen-bond acceptors (Lipinski definition) is 4. The van der Waals surface area contributed by atoms with E-state index in [9.17, 15) is 19.7 Å². The summed E-state index contributed by atoms with van der Waals surface area (Å²) in [6.07, 6.45) is -0.234. The van der Waals surface area contributed by atoms with E-state index in [0.29, 0.717) is 11.3 Å². The van der Waals surface area contributed by atoms with Crippen molar-refractivity contribution in [1.29, 1.82) is 0 Å². The molecule has 0 aliphatic rings. The number of ketones is 1. The summed E-state index contributed by atoms with van der Waals surface area (Å²) < 4.78 is 0. The summed E-state index contributed by atoms with van der Waals surface area (Å²) in [6.45, 7) is 2.91. The van der Waals surface area contributed by atoms with E-state index in [-0.39, 0.29) is 17.9 Å². The second kappa shape index (κ2) is 5.20. The van der Waals surface area contributed by atoms with Crippen molar-refractivity contribution in [2.45, 2.75) is 20.3 Å². The molecule has 1 amide bonds. The first-order valence-electron chi connectivity index (χ1n) is 4.94. The molecule has 6 nitrogen and oxygen atoms in total. The van der Waals surface area contributed by atoms with Gasteiger partial charge in [0.25, 0.3) is 5.69 Å². The Morgan fingerprint density at radius 3 is 2.59 bits per heavy atom. The van der Waals surface area contributed by atoms with E-state index in [0.717, 1.165) is 0 Å². The van der Waals surface area contributed by atoms with Crippen molar-refractivity contribution in [2.75, 3.05) is 5.32 Å². The lowest BCUT2D eigenvalue weighted by Crippen LogP contribution is -2.14.